The normalized spacial score (nSPS) is 9.65. The van der Waals surface area contributed by atoms with Crippen LogP contribution < -0.4 is 70.2 Å². The van der Waals surface area contributed by atoms with Crippen LogP contribution in [0.25, 0.3) is 10.6 Å². The minimum Gasteiger partial charge on any atom is -0.665 e. The predicted molar refractivity (Wildman–Crippen MR) is 96.5 cm³/mol. The van der Waals surface area contributed by atoms with Gasteiger partial charge in [-0.1, -0.05) is 26.2 Å². The molecule has 0 aliphatic rings. The van der Waals surface area contributed by atoms with Crippen molar-refractivity contribution in [2.45, 2.75) is 39.0 Å². The Morgan fingerprint density at radius 3 is 1.74 bits per heavy atom. The first kappa shape index (κ1) is 32.5. The molecule has 0 rings (SSSR count). The molecule has 0 atom stereocenters. The van der Waals surface area contributed by atoms with E-state index >= 15 is 0 Å². The van der Waals surface area contributed by atoms with Crippen molar-refractivity contribution >= 4 is 0 Å². The average Bonchev–Trinajstić information content (AvgIpc) is 2.48. The summed E-state index contributed by atoms with van der Waals surface area (Å²) in [4.78, 5) is 2.34. The third-order valence-electron chi connectivity index (χ3n) is 3.11. The van der Waals surface area contributed by atoms with Gasteiger partial charge in [0.2, 0.25) is 0 Å². The van der Waals surface area contributed by atoms with Gasteiger partial charge in [-0.05, 0) is 52.6 Å². The second-order valence-corrected chi connectivity index (χ2v) is 5.34. The average molecular weight is 348 g/mol. The van der Waals surface area contributed by atoms with Crippen molar-refractivity contribution in [2.75, 3.05) is 67.0 Å². The quantitative estimate of drug-likeness (QED) is 0.252. The summed E-state index contributed by atoms with van der Waals surface area (Å²) >= 11 is 0. The number of unbranched alkanes of at least 4 members (excludes halogenated alkanes) is 1. The second-order valence-electron chi connectivity index (χ2n) is 5.34. The predicted octanol–water partition coefficient (Wildman–Crippen LogP) is -3.56. The van der Waals surface area contributed by atoms with Crippen LogP contribution in [0.2, 0.25) is 0 Å². The van der Waals surface area contributed by atoms with E-state index in [9.17, 15) is 0 Å². The summed E-state index contributed by atoms with van der Waals surface area (Å²) in [7, 11) is 5.90. The van der Waals surface area contributed by atoms with Gasteiger partial charge in [-0.3, -0.25) is 0 Å². The number of hydrogen-bond acceptors (Lipinski definition) is 3. The van der Waals surface area contributed by atoms with E-state index in [0.717, 1.165) is 52.2 Å². The monoisotopic (exact) mass is 347 g/mol. The van der Waals surface area contributed by atoms with Crippen LogP contribution in [-0.4, -0.2) is 71.9 Å². The van der Waals surface area contributed by atoms with Gasteiger partial charge in [0.1, 0.15) is 0 Å². The zero-order valence-electron chi connectivity index (χ0n) is 16.9. The van der Waals surface area contributed by atoms with Gasteiger partial charge in [0.25, 0.3) is 0 Å². The van der Waals surface area contributed by atoms with Gasteiger partial charge in [0, 0.05) is 0 Å². The van der Waals surface area contributed by atoms with Gasteiger partial charge in [-0.2, -0.15) is 14.1 Å². The number of rotatable bonds is 14. The molecule has 0 radical (unpaired) electrons. The van der Waals surface area contributed by atoms with Crippen LogP contribution in [0.5, 0.6) is 0 Å². The minimum atomic E-state index is 0. The van der Waals surface area contributed by atoms with Crippen molar-refractivity contribution in [2.24, 2.45) is 5.73 Å². The Morgan fingerprint density at radius 2 is 1.35 bits per heavy atom. The van der Waals surface area contributed by atoms with Gasteiger partial charge in [0.05, 0.1) is 0 Å². The fourth-order valence-electron chi connectivity index (χ4n) is 1.76. The van der Waals surface area contributed by atoms with Crippen molar-refractivity contribution in [1.82, 2.24) is 10.2 Å². The van der Waals surface area contributed by atoms with Crippen LogP contribution in [0.4, 0.5) is 0 Å². The summed E-state index contributed by atoms with van der Waals surface area (Å²) in [6, 6.07) is 0. The van der Waals surface area contributed by atoms with E-state index in [1.54, 1.807) is 0 Å². The van der Waals surface area contributed by atoms with Crippen LogP contribution in [0.3, 0.4) is 0 Å². The van der Waals surface area contributed by atoms with Gasteiger partial charge >= 0.3 is 59.1 Å². The molecule has 0 aromatic rings. The number of nitrogens with zero attached hydrogens (tertiary/aromatic N) is 3. The molecule has 0 fully saturated rings. The number of hydrogen-bond donors (Lipinski definition) is 2. The first-order valence-corrected chi connectivity index (χ1v) is 8.43. The minimum absolute atomic E-state index is 0. The maximum atomic E-state index is 5.30. The molecule has 0 amide bonds. The van der Waals surface area contributed by atoms with E-state index in [2.05, 4.69) is 34.8 Å². The number of nitrogens with one attached hydrogen (secondary N) is 1. The van der Waals surface area contributed by atoms with Crippen molar-refractivity contribution in [3.05, 3.63) is 10.6 Å². The molecular weight excluding hydrogens is 308 g/mol. The van der Waals surface area contributed by atoms with E-state index in [1.807, 2.05) is 14.1 Å². The van der Waals surface area contributed by atoms with E-state index in [0.29, 0.717) is 0 Å². The zero-order chi connectivity index (χ0) is 16.2. The summed E-state index contributed by atoms with van der Waals surface area (Å²) in [5.74, 6) is 0. The van der Waals surface area contributed by atoms with Gasteiger partial charge in [-0.15, -0.1) is 13.1 Å². The van der Waals surface area contributed by atoms with Crippen LogP contribution in [0.15, 0.2) is 0 Å². The molecule has 0 aliphatic heterocycles. The summed E-state index contributed by atoms with van der Waals surface area (Å²) in [5, 5.41) is 11.4. The maximum absolute atomic E-state index is 5.30. The molecule has 23 heavy (non-hydrogen) atoms. The molecule has 0 aromatic heterocycles. The van der Waals surface area contributed by atoms with Gasteiger partial charge in [-0.25, -0.2) is 0 Å². The summed E-state index contributed by atoms with van der Waals surface area (Å²) in [6.45, 7) is 9.52. The largest absolute Gasteiger partial charge is 1.00 e. The Kier molecular flexibility index (Phi) is 44.6. The smallest absolute Gasteiger partial charge is 0.665 e. The van der Waals surface area contributed by atoms with Crippen molar-refractivity contribution in [3.8, 4) is 0 Å². The Balaban J connectivity index is -0.000000149. The second kappa shape index (κ2) is 31.6. The molecule has 0 aromatic carbocycles. The van der Waals surface area contributed by atoms with Crippen molar-refractivity contribution < 1.29 is 59.1 Å². The topological polar surface area (TPSA) is 69.5 Å². The molecular formula is C16H39N5Na2. The van der Waals surface area contributed by atoms with E-state index in [4.69, 9.17) is 5.73 Å². The molecule has 0 heterocycles. The Morgan fingerprint density at radius 1 is 0.870 bits per heavy atom. The first-order chi connectivity index (χ1) is 10.2. The fraction of sp³-hybridized carbons (Fsp3) is 1.00. The van der Waals surface area contributed by atoms with Gasteiger partial charge < -0.3 is 26.6 Å². The Bertz CT molecular complexity index is 161. The van der Waals surface area contributed by atoms with Gasteiger partial charge in [0.15, 0.2) is 0 Å². The standard InChI is InChI=1S/C9H21N3.C7H18N2.2Na/c1-10-6-4-8-12(3)9-5-7-11-2;1-2-3-6-9-7-4-5-8;;/h4-9H2,1-3H3;9H,2-8H2,1H3;;/q-2;;2*+1. The molecule has 0 bridgehead atoms. The van der Waals surface area contributed by atoms with Crippen molar-refractivity contribution in [3.63, 3.8) is 0 Å². The summed E-state index contributed by atoms with van der Waals surface area (Å²) in [5.41, 5.74) is 5.30. The molecule has 0 saturated carbocycles. The first-order valence-electron chi connectivity index (χ1n) is 8.43. The SMILES string of the molecule is CCCCNCCCN.C[N-]CCCN(C)CCC[N-]C.[Na+].[Na+]. The number of nitrogens with two attached hydrogens (primary N) is 1. The van der Waals surface area contributed by atoms with Crippen molar-refractivity contribution in [1.29, 1.82) is 0 Å². The molecule has 0 saturated heterocycles. The zero-order valence-corrected chi connectivity index (χ0v) is 20.9. The summed E-state index contributed by atoms with van der Waals surface area (Å²) < 4.78 is 0. The molecule has 130 valence electrons. The molecule has 3 N–H and O–H groups in total. The van der Waals surface area contributed by atoms with Crippen LogP contribution >= 0.6 is 0 Å². The summed E-state index contributed by atoms with van der Waals surface area (Å²) in [6.07, 6.45) is 6.01. The van der Waals surface area contributed by atoms with E-state index < -0.39 is 0 Å². The molecule has 0 spiro atoms. The molecule has 0 aliphatic carbocycles. The fourth-order valence-corrected chi connectivity index (χ4v) is 1.76. The maximum Gasteiger partial charge on any atom is 1.00 e. The molecule has 5 nitrogen and oxygen atoms in total. The van der Waals surface area contributed by atoms with Crippen LogP contribution in [0, 0.1) is 0 Å². The van der Waals surface area contributed by atoms with Crippen LogP contribution in [0.1, 0.15) is 39.0 Å². The van der Waals surface area contributed by atoms with E-state index in [-0.39, 0.29) is 59.1 Å². The molecule has 0 unspecified atom stereocenters. The Labute approximate surface area is 190 Å². The third kappa shape index (κ3) is 35.7. The molecule has 7 heteroatoms. The third-order valence-corrected chi connectivity index (χ3v) is 3.11. The Hall–Kier alpha value is 1.80. The van der Waals surface area contributed by atoms with Crippen LogP contribution in [-0.2, 0) is 0 Å². The van der Waals surface area contributed by atoms with E-state index in [1.165, 1.54) is 25.7 Å².